The molecule has 2 N–H and O–H groups in total. The van der Waals surface area contributed by atoms with E-state index in [0.29, 0.717) is 41.2 Å². The molecule has 180 valence electrons. The minimum atomic E-state index is -0.255. The first kappa shape index (κ1) is 24.2. The average molecular weight is 491 g/mol. The number of carbonyl (C=O) groups is 2. The molecule has 3 aromatic heterocycles. The number of benzene rings is 1. The van der Waals surface area contributed by atoms with E-state index in [-0.39, 0.29) is 17.6 Å². The van der Waals surface area contributed by atoms with Crippen LogP contribution in [0.5, 0.6) is 0 Å². The van der Waals surface area contributed by atoms with Gasteiger partial charge < -0.3 is 15.1 Å². The van der Waals surface area contributed by atoms with Gasteiger partial charge in [0.25, 0.3) is 5.91 Å². The van der Waals surface area contributed by atoms with Crippen molar-refractivity contribution in [2.24, 2.45) is 5.92 Å². The summed E-state index contributed by atoms with van der Waals surface area (Å²) in [6.45, 7) is 5.01. The highest BCUT2D eigenvalue weighted by molar-refractivity contribution is 7.99. The predicted molar refractivity (Wildman–Crippen MR) is 134 cm³/mol. The second kappa shape index (κ2) is 11.5. The summed E-state index contributed by atoms with van der Waals surface area (Å²) in [4.78, 5) is 29.5. The monoisotopic (exact) mass is 490 g/mol. The molecule has 3 heterocycles. The zero-order valence-electron chi connectivity index (χ0n) is 19.5. The van der Waals surface area contributed by atoms with E-state index >= 15 is 0 Å². The third-order valence-electron chi connectivity index (χ3n) is 4.98. The molecule has 0 saturated carbocycles. The molecule has 0 saturated heterocycles. The third-order valence-corrected chi connectivity index (χ3v) is 5.95. The van der Waals surface area contributed by atoms with Crippen LogP contribution in [-0.4, -0.2) is 43.9 Å². The molecule has 10 heteroatoms. The normalized spacial score (nSPS) is 10.9. The topological polar surface area (TPSA) is 115 Å². The minimum absolute atomic E-state index is 0.0886. The van der Waals surface area contributed by atoms with Gasteiger partial charge in [0, 0.05) is 24.5 Å². The molecule has 0 unspecified atom stereocenters. The summed E-state index contributed by atoms with van der Waals surface area (Å²) in [6.07, 6.45) is 5.02. The van der Waals surface area contributed by atoms with Crippen LogP contribution in [0.15, 0.2) is 76.8 Å². The summed E-state index contributed by atoms with van der Waals surface area (Å²) in [6, 6.07) is 14.4. The lowest BCUT2D eigenvalue weighted by molar-refractivity contribution is -0.113. The number of pyridine rings is 1. The van der Waals surface area contributed by atoms with Gasteiger partial charge >= 0.3 is 0 Å². The van der Waals surface area contributed by atoms with E-state index in [1.165, 1.54) is 11.8 Å². The number of nitrogens with one attached hydrogen (secondary N) is 2. The SMILES string of the molecule is CC(C)CNC(=O)c1ccccc1NC(=O)CSc1nnc(-c2cccnc2)n1Cc1ccco1. The molecule has 1 aromatic carbocycles. The van der Waals surface area contributed by atoms with Gasteiger partial charge in [-0.1, -0.05) is 37.7 Å². The molecule has 4 rings (SSSR count). The van der Waals surface area contributed by atoms with Gasteiger partial charge in [-0.25, -0.2) is 0 Å². The van der Waals surface area contributed by atoms with Crippen molar-refractivity contribution >= 4 is 29.3 Å². The Bertz CT molecular complexity index is 1270. The molecule has 0 aliphatic rings. The fraction of sp³-hybridized carbons (Fsp3) is 0.240. The maximum absolute atomic E-state index is 12.8. The van der Waals surface area contributed by atoms with E-state index < -0.39 is 0 Å². The van der Waals surface area contributed by atoms with Crippen molar-refractivity contribution in [1.82, 2.24) is 25.1 Å². The predicted octanol–water partition coefficient (Wildman–Crippen LogP) is 4.10. The number of hydrogen-bond acceptors (Lipinski definition) is 7. The van der Waals surface area contributed by atoms with Crippen LogP contribution in [0, 0.1) is 5.92 Å². The van der Waals surface area contributed by atoms with Crippen LogP contribution in [0.1, 0.15) is 30.0 Å². The highest BCUT2D eigenvalue weighted by Crippen LogP contribution is 2.25. The molecule has 2 amide bonds. The van der Waals surface area contributed by atoms with Crippen molar-refractivity contribution in [3.63, 3.8) is 0 Å². The Morgan fingerprint density at radius 1 is 1.09 bits per heavy atom. The standard InChI is InChI=1S/C25H26N6O3S/c1-17(2)13-27-24(33)20-9-3-4-10-21(20)28-22(32)16-35-25-30-29-23(18-7-5-11-26-14-18)31(25)15-19-8-6-12-34-19/h3-12,14,17H,13,15-16H2,1-2H3,(H,27,33)(H,28,32). The van der Waals surface area contributed by atoms with Gasteiger partial charge in [-0.2, -0.15) is 0 Å². The van der Waals surface area contributed by atoms with Gasteiger partial charge in [0.15, 0.2) is 11.0 Å². The molecule has 0 atom stereocenters. The number of furan rings is 1. The van der Waals surface area contributed by atoms with Crippen molar-refractivity contribution < 1.29 is 14.0 Å². The van der Waals surface area contributed by atoms with Crippen LogP contribution in [0.3, 0.4) is 0 Å². The molecule has 0 radical (unpaired) electrons. The zero-order chi connectivity index (χ0) is 24.6. The van der Waals surface area contributed by atoms with Gasteiger partial charge in [0.1, 0.15) is 5.76 Å². The summed E-state index contributed by atoms with van der Waals surface area (Å²) in [5, 5.41) is 14.9. The lowest BCUT2D eigenvalue weighted by atomic mass is 10.1. The van der Waals surface area contributed by atoms with E-state index in [2.05, 4.69) is 25.8 Å². The van der Waals surface area contributed by atoms with Gasteiger partial charge in [-0.05, 0) is 42.3 Å². The molecule has 9 nitrogen and oxygen atoms in total. The summed E-state index contributed by atoms with van der Waals surface area (Å²) in [5.74, 6) is 1.31. The Hall–Kier alpha value is -3.92. The lowest BCUT2D eigenvalue weighted by Gasteiger charge is -2.12. The highest BCUT2D eigenvalue weighted by Gasteiger charge is 2.18. The zero-order valence-corrected chi connectivity index (χ0v) is 20.3. The van der Waals surface area contributed by atoms with Gasteiger partial charge in [-0.3, -0.25) is 19.1 Å². The van der Waals surface area contributed by atoms with Crippen LogP contribution in [0.4, 0.5) is 5.69 Å². The van der Waals surface area contributed by atoms with Gasteiger partial charge in [-0.15, -0.1) is 10.2 Å². The van der Waals surface area contributed by atoms with Crippen LogP contribution in [0.25, 0.3) is 11.4 Å². The number of para-hydroxylation sites is 1. The summed E-state index contributed by atoms with van der Waals surface area (Å²) < 4.78 is 7.40. The second-order valence-electron chi connectivity index (χ2n) is 8.20. The number of aromatic nitrogens is 4. The number of anilines is 1. The average Bonchev–Trinajstić information content (AvgIpc) is 3.52. The summed E-state index contributed by atoms with van der Waals surface area (Å²) in [7, 11) is 0. The third kappa shape index (κ3) is 6.36. The molecular weight excluding hydrogens is 464 g/mol. The Balaban J connectivity index is 1.47. The highest BCUT2D eigenvalue weighted by atomic mass is 32.2. The van der Waals surface area contributed by atoms with Gasteiger partial charge in [0.05, 0.1) is 29.8 Å². The first-order chi connectivity index (χ1) is 17.0. The number of amides is 2. The van der Waals surface area contributed by atoms with Crippen LogP contribution in [-0.2, 0) is 11.3 Å². The maximum Gasteiger partial charge on any atom is 0.253 e. The Kier molecular flexibility index (Phi) is 7.94. The van der Waals surface area contributed by atoms with Crippen LogP contribution in [0.2, 0.25) is 0 Å². The van der Waals surface area contributed by atoms with Gasteiger partial charge in [0.2, 0.25) is 5.91 Å². The molecule has 0 aliphatic carbocycles. The Morgan fingerprint density at radius 2 is 1.94 bits per heavy atom. The van der Waals surface area contributed by atoms with Crippen molar-refractivity contribution in [3.8, 4) is 11.4 Å². The quantitative estimate of drug-likeness (QED) is 0.322. The maximum atomic E-state index is 12.8. The van der Waals surface area contributed by atoms with E-state index in [9.17, 15) is 9.59 Å². The Morgan fingerprint density at radius 3 is 2.69 bits per heavy atom. The molecule has 35 heavy (non-hydrogen) atoms. The van der Waals surface area contributed by atoms with E-state index in [1.54, 1.807) is 42.9 Å². The fourth-order valence-electron chi connectivity index (χ4n) is 3.30. The Labute approximate surface area is 207 Å². The smallest absolute Gasteiger partial charge is 0.253 e. The van der Waals surface area contributed by atoms with E-state index in [4.69, 9.17) is 4.42 Å². The van der Waals surface area contributed by atoms with E-state index in [1.807, 2.05) is 42.7 Å². The molecule has 0 bridgehead atoms. The summed E-state index contributed by atoms with van der Waals surface area (Å²) >= 11 is 1.25. The number of nitrogens with zero attached hydrogens (tertiary/aromatic N) is 4. The largest absolute Gasteiger partial charge is 0.467 e. The van der Waals surface area contributed by atoms with Crippen molar-refractivity contribution in [3.05, 3.63) is 78.5 Å². The number of thioether (sulfide) groups is 1. The molecular formula is C25H26N6O3S. The first-order valence-corrected chi connectivity index (χ1v) is 12.2. The summed E-state index contributed by atoms with van der Waals surface area (Å²) in [5.41, 5.74) is 1.70. The molecule has 4 aromatic rings. The number of rotatable bonds is 10. The van der Waals surface area contributed by atoms with Crippen LogP contribution < -0.4 is 10.6 Å². The minimum Gasteiger partial charge on any atom is -0.467 e. The lowest BCUT2D eigenvalue weighted by Crippen LogP contribution is -2.28. The van der Waals surface area contributed by atoms with Crippen molar-refractivity contribution in [2.75, 3.05) is 17.6 Å². The fourth-order valence-corrected chi connectivity index (χ4v) is 4.04. The van der Waals surface area contributed by atoms with Crippen molar-refractivity contribution in [1.29, 1.82) is 0 Å². The molecule has 0 aliphatic heterocycles. The van der Waals surface area contributed by atoms with Crippen LogP contribution >= 0.6 is 11.8 Å². The first-order valence-electron chi connectivity index (χ1n) is 11.2. The molecule has 0 spiro atoms. The second-order valence-corrected chi connectivity index (χ2v) is 9.14. The van der Waals surface area contributed by atoms with E-state index in [0.717, 1.165) is 11.3 Å². The number of carbonyl (C=O) groups excluding carboxylic acids is 2. The van der Waals surface area contributed by atoms with Crippen molar-refractivity contribution in [2.45, 2.75) is 25.5 Å². The number of hydrogen-bond donors (Lipinski definition) is 2. The molecule has 0 fully saturated rings.